The molecule has 21 heavy (non-hydrogen) atoms. The van der Waals surface area contributed by atoms with Gasteiger partial charge in [-0.1, -0.05) is 0 Å². The average Bonchev–Trinajstić information content (AvgIpc) is 2.50. The number of halogens is 2. The van der Waals surface area contributed by atoms with Crippen LogP contribution in [0.25, 0.3) is 0 Å². The van der Waals surface area contributed by atoms with Crippen molar-refractivity contribution in [3.05, 3.63) is 35.4 Å². The van der Waals surface area contributed by atoms with E-state index < -0.39 is 11.6 Å². The number of benzene rings is 1. The van der Waals surface area contributed by atoms with Gasteiger partial charge in [-0.05, 0) is 44.9 Å². The number of piperidine rings is 1. The van der Waals surface area contributed by atoms with Gasteiger partial charge in [-0.2, -0.15) is 0 Å². The summed E-state index contributed by atoms with van der Waals surface area (Å²) in [6.07, 6.45) is 2.05. The quantitative estimate of drug-likeness (QED) is 0.782. The molecule has 1 aromatic carbocycles. The topological polar surface area (TPSA) is 29.5 Å². The van der Waals surface area contributed by atoms with Gasteiger partial charge in [0.25, 0.3) is 0 Å². The monoisotopic (exact) mass is 297 g/mol. The molecular weight excluding hydrogens is 276 g/mol. The standard InChI is InChI=1S/C16H21F2NO2/c1-3-21-13-6-8-19(9-7-13)11(2)16(20)12-4-5-14(17)15(18)10-12/h4-5,10-11,13H,3,6-9H2,1-2H3. The Balaban J connectivity index is 1.98. The molecule has 2 rings (SSSR count). The Morgan fingerprint density at radius 2 is 2.00 bits per heavy atom. The van der Waals surface area contributed by atoms with E-state index in [4.69, 9.17) is 4.74 Å². The molecule has 0 bridgehead atoms. The van der Waals surface area contributed by atoms with E-state index in [0.29, 0.717) is 6.61 Å². The summed E-state index contributed by atoms with van der Waals surface area (Å²) in [6.45, 7) is 6.04. The Bertz CT molecular complexity index is 499. The van der Waals surface area contributed by atoms with Crippen LogP contribution in [-0.4, -0.2) is 42.5 Å². The number of nitrogens with zero attached hydrogens (tertiary/aromatic N) is 1. The molecule has 116 valence electrons. The maximum absolute atomic E-state index is 13.2. The average molecular weight is 297 g/mol. The molecule has 0 spiro atoms. The highest BCUT2D eigenvalue weighted by Gasteiger charge is 2.27. The first kappa shape index (κ1) is 16.0. The summed E-state index contributed by atoms with van der Waals surface area (Å²) in [6, 6.07) is 2.97. The molecule has 1 heterocycles. The molecule has 1 aromatic rings. The third-order valence-electron chi connectivity index (χ3n) is 4.01. The summed E-state index contributed by atoms with van der Waals surface area (Å²) in [4.78, 5) is 14.4. The summed E-state index contributed by atoms with van der Waals surface area (Å²) < 4.78 is 31.7. The van der Waals surface area contributed by atoms with Crippen LogP contribution in [0.15, 0.2) is 18.2 Å². The van der Waals surface area contributed by atoms with Gasteiger partial charge < -0.3 is 4.74 Å². The number of Topliss-reactive ketones (excluding diaryl/α,β-unsaturated/α-hetero) is 1. The fourth-order valence-corrected chi connectivity index (χ4v) is 2.72. The van der Waals surface area contributed by atoms with E-state index >= 15 is 0 Å². The van der Waals surface area contributed by atoms with Crippen molar-refractivity contribution in [1.82, 2.24) is 4.90 Å². The molecule has 5 heteroatoms. The van der Waals surface area contributed by atoms with Crippen LogP contribution in [0, 0.1) is 11.6 Å². The molecule has 1 fully saturated rings. The molecular formula is C16H21F2NO2. The van der Waals surface area contributed by atoms with Gasteiger partial charge in [0, 0.05) is 25.3 Å². The Hall–Kier alpha value is -1.33. The zero-order chi connectivity index (χ0) is 15.4. The second-order valence-electron chi connectivity index (χ2n) is 5.36. The highest BCUT2D eigenvalue weighted by molar-refractivity contribution is 5.99. The Morgan fingerprint density at radius 1 is 1.33 bits per heavy atom. The molecule has 0 saturated carbocycles. The van der Waals surface area contributed by atoms with Crippen molar-refractivity contribution in [2.45, 2.75) is 38.8 Å². The molecule has 1 saturated heterocycles. The third kappa shape index (κ3) is 3.86. The van der Waals surface area contributed by atoms with Gasteiger partial charge in [-0.3, -0.25) is 9.69 Å². The minimum absolute atomic E-state index is 0.177. The van der Waals surface area contributed by atoms with Crippen molar-refractivity contribution < 1.29 is 18.3 Å². The predicted molar refractivity (Wildman–Crippen MR) is 76.4 cm³/mol. The van der Waals surface area contributed by atoms with E-state index in [1.807, 2.05) is 13.8 Å². The molecule has 1 aliphatic rings. The van der Waals surface area contributed by atoms with Gasteiger partial charge in [0.2, 0.25) is 0 Å². The highest BCUT2D eigenvalue weighted by Crippen LogP contribution is 2.19. The van der Waals surface area contributed by atoms with Crippen LogP contribution >= 0.6 is 0 Å². The van der Waals surface area contributed by atoms with Crippen molar-refractivity contribution in [1.29, 1.82) is 0 Å². The molecule has 0 amide bonds. The van der Waals surface area contributed by atoms with Crippen LogP contribution in [0.3, 0.4) is 0 Å². The molecule has 0 N–H and O–H groups in total. The maximum atomic E-state index is 13.2. The van der Waals surface area contributed by atoms with Crippen LogP contribution < -0.4 is 0 Å². The fraction of sp³-hybridized carbons (Fsp3) is 0.562. The lowest BCUT2D eigenvalue weighted by atomic mass is 10.00. The zero-order valence-corrected chi connectivity index (χ0v) is 12.4. The lowest BCUT2D eigenvalue weighted by molar-refractivity contribution is 0.00676. The van der Waals surface area contributed by atoms with Crippen molar-refractivity contribution in [3.63, 3.8) is 0 Å². The van der Waals surface area contributed by atoms with E-state index in [9.17, 15) is 13.6 Å². The summed E-state index contributed by atoms with van der Waals surface area (Å²) in [5.74, 6) is -2.09. The first-order valence-corrected chi connectivity index (χ1v) is 7.37. The second-order valence-corrected chi connectivity index (χ2v) is 5.36. The summed E-state index contributed by atoms with van der Waals surface area (Å²) >= 11 is 0. The number of rotatable bonds is 5. The SMILES string of the molecule is CCOC1CCN(C(C)C(=O)c2ccc(F)c(F)c2)CC1. The smallest absolute Gasteiger partial charge is 0.179 e. The number of hydrogen-bond donors (Lipinski definition) is 0. The molecule has 1 aliphatic heterocycles. The molecule has 3 nitrogen and oxygen atoms in total. The van der Waals surface area contributed by atoms with E-state index in [1.54, 1.807) is 0 Å². The van der Waals surface area contributed by atoms with Crippen LogP contribution in [-0.2, 0) is 4.74 Å². The van der Waals surface area contributed by atoms with Crippen molar-refractivity contribution >= 4 is 5.78 Å². The molecule has 0 aliphatic carbocycles. The predicted octanol–water partition coefficient (Wildman–Crippen LogP) is 3.04. The first-order chi connectivity index (χ1) is 10.0. The number of ether oxygens (including phenoxy) is 1. The normalized spacial score (nSPS) is 18.7. The number of hydrogen-bond acceptors (Lipinski definition) is 3. The van der Waals surface area contributed by atoms with Gasteiger partial charge in [0.15, 0.2) is 17.4 Å². The number of likely N-dealkylation sites (tertiary alicyclic amines) is 1. The maximum Gasteiger partial charge on any atom is 0.179 e. The minimum Gasteiger partial charge on any atom is -0.378 e. The van der Waals surface area contributed by atoms with Crippen LogP contribution in [0.4, 0.5) is 8.78 Å². The Kier molecular flexibility index (Phi) is 5.42. The van der Waals surface area contributed by atoms with Crippen LogP contribution in [0.2, 0.25) is 0 Å². The fourth-order valence-electron chi connectivity index (χ4n) is 2.72. The van der Waals surface area contributed by atoms with E-state index in [-0.39, 0.29) is 23.5 Å². The van der Waals surface area contributed by atoms with Gasteiger partial charge in [0.1, 0.15) is 0 Å². The van der Waals surface area contributed by atoms with Gasteiger partial charge in [0.05, 0.1) is 12.1 Å². The Morgan fingerprint density at radius 3 is 2.57 bits per heavy atom. The lowest BCUT2D eigenvalue weighted by Gasteiger charge is -2.35. The minimum atomic E-state index is -0.983. The van der Waals surface area contributed by atoms with Crippen LogP contribution in [0.1, 0.15) is 37.0 Å². The number of ketones is 1. The Labute approximate surface area is 123 Å². The zero-order valence-electron chi connectivity index (χ0n) is 12.4. The van der Waals surface area contributed by atoms with Gasteiger partial charge >= 0.3 is 0 Å². The van der Waals surface area contributed by atoms with E-state index in [2.05, 4.69) is 4.90 Å². The number of carbonyl (C=O) groups excluding carboxylic acids is 1. The summed E-state index contributed by atoms with van der Waals surface area (Å²) in [7, 11) is 0. The highest BCUT2D eigenvalue weighted by atomic mass is 19.2. The lowest BCUT2D eigenvalue weighted by Crippen LogP contribution is -2.45. The van der Waals surface area contributed by atoms with E-state index in [1.165, 1.54) is 6.07 Å². The molecule has 0 aromatic heterocycles. The van der Waals surface area contributed by atoms with Crippen LogP contribution in [0.5, 0.6) is 0 Å². The first-order valence-electron chi connectivity index (χ1n) is 7.37. The number of carbonyl (C=O) groups is 1. The van der Waals surface area contributed by atoms with Crippen molar-refractivity contribution in [2.75, 3.05) is 19.7 Å². The van der Waals surface area contributed by atoms with Gasteiger partial charge in [-0.15, -0.1) is 0 Å². The second kappa shape index (κ2) is 7.09. The summed E-state index contributed by atoms with van der Waals surface area (Å²) in [5.41, 5.74) is 0.216. The molecule has 1 atom stereocenters. The molecule has 0 radical (unpaired) electrons. The van der Waals surface area contributed by atoms with Crippen molar-refractivity contribution in [2.24, 2.45) is 0 Å². The summed E-state index contributed by atoms with van der Waals surface area (Å²) in [5, 5.41) is 0. The van der Waals surface area contributed by atoms with Gasteiger partial charge in [-0.25, -0.2) is 8.78 Å². The molecule has 1 unspecified atom stereocenters. The van der Waals surface area contributed by atoms with E-state index in [0.717, 1.165) is 38.1 Å². The third-order valence-corrected chi connectivity index (χ3v) is 4.01. The largest absolute Gasteiger partial charge is 0.378 e. The van der Waals surface area contributed by atoms with Crippen molar-refractivity contribution in [3.8, 4) is 0 Å².